The van der Waals surface area contributed by atoms with Crippen LogP contribution in [0, 0.1) is 0 Å². The van der Waals surface area contributed by atoms with Crippen molar-refractivity contribution in [2.45, 2.75) is 0 Å². The van der Waals surface area contributed by atoms with Gasteiger partial charge in [-0.3, -0.25) is 0 Å². The summed E-state index contributed by atoms with van der Waals surface area (Å²) in [6.45, 7) is 6.81. The number of halogens is 1. The van der Waals surface area contributed by atoms with E-state index in [0.29, 0.717) is 0 Å². The van der Waals surface area contributed by atoms with E-state index in [0.717, 1.165) is 0 Å². The van der Waals surface area contributed by atoms with Crippen LogP contribution in [0.3, 0.4) is 0 Å². The summed E-state index contributed by atoms with van der Waals surface area (Å²) in [6.07, 6.45) is 0. The maximum absolute atomic E-state index is 8.70. The van der Waals surface area contributed by atoms with Gasteiger partial charge in [-0.1, -0.05) is 0 Å². The van der Waals surface area contributed by atoms with Gasteiger partial charge in [0.15, 0.2) is 0 Å². The molecule has 2 N–H and O–H groups in total. The Morgan fingerprint density at radius 3 is 1.22 bits per heavy atom. The van der Waals surface area contributed by atoms with E-state index >= 15 is 0 Å². The lowest BCUT2D eigenvalue weighted by molar-refractivity contribution is -0.00000654. The van der Waals surface area contributed by atoms with E-state index in [-0.39, 0.29) is 20.3 Å². The van der Waals surface area contributed by atoms with E-state index in [1.165, 1.54) is 0 Å². The Bertz CT molecular complexity index is 61.3. The maximum Gasteiger partial charge on any atom is 0.692 e. The van der Waals surface area contributed by atoms with E-state index in [1.807, 2.05) is 0 Å². The zero-order valence-corrected chi connectivity index (χ0v) is 8.28. The highest BCUT2D eigenvalue weighted by Gasteiger charge is 1.93. The Kier molecular flexibility index (Phi) is 21.0. The Balaban J connectivity index is -0.0000000720. The van der Waals surface area contributed by atoms with Crippen LogP contribution in [-0.2, 0) is 4.57 Å². The summed E-state index contributed by atoms with van der Waals surface area (Å²) in [5, 5.41) is 0. The SMILES string of the molecule is C[PH+](C)C.O=[P+](O)O.[Cl-]. The van der Waals surface area contributed by atoms with Crippen LogP contribution in [0.15, 0.2) is 0 Å². The Hall–Kier alpha value is 0.740. The quantitative estimate of drug-likeness (QED) is 0.427. The van der Waals surface area contributed by atoms with E-state index in [4.69, 9.17) is 14.4 Å². The molecule has 0 aliphatic rings. The molecule has 0 unspecified atom stereocenters. The van der Waals surface area contributed by atoms with Crippen molar-refractivity contribution in [2.24, 2.45) is 0 Å². The van der Waals surface area contributed by atoms with Gasteiger partial charge in [-0.15, -0.1) is 9.79 Å². The van der Waals surface area contributed by atoms with E-state index in [2.05, 4.69) is 20.0 Å². The van der Waals surface area contributed by atoms with Crippen LogP contribution in [0.5, 0.6) is 0 Å². The highest BCUT2D eigenvalue weighted by molar-refractivity contribution is 7.55. The molecule has 0 aromatic rings. The first kappa shape index (κ1) is 16.4. The van der Waals surface area contributed by atoms with Crippen molar-refractivity contribution in [3.05, 3.63) is 0 Å². The van der Waals surface area contributed by atoms with Crippen LogP contribution < -0.4 is 12.4 Å². The summed E-state index contributed by atoms with van der Waals surface area (Å²) >= 11 is 0. The summed E-state index contributed by atoms with van der Waals surface area (Å²) in [7, 11) is -2.75. The summed E-state index contributed by atoms with van der Waals surface area (Å²) < 4.78 is 8.70. The van der Waals surface area contributed by atoms with Crippen LogP contribution in [-0.4, -0.2) is 29.8 Å². The van der Waals surface area contributed by atoms with Crippen LogP contribution in [0.4, 0.5) is 0 Å². The molecule has 0 amide bonds. The number of hydrogen-bond acceptors (Lipinski definition) is 1. The van der Waals surface area contributed by atoms with Crippen LogP contribution in [0.1, 0.15) is 0 Å². The summed E-state index contributed by atoms with van der Waals surface area (Å²) in [6, 6.07) is 0. The molecule has 6 heteroatoms. The van der Waals surface area contributed by atoms with Gasteiger partial charge in [0.05, 0.1) is 0 Å². The lowest BCUT2D eigenvalue weighted by Crippen LogP contribution is -3.00. The van der Waals surface area contributed by atoms with Gasteiger partial charge in [0, 0.05) is 24.6 Å². The average molecular weight is 194 g/mol. The third kappa shape index (κ3) is 725. The minimum absolute atomic E-state index is 0. The number of hydrogen-bond donors (Lipinski definition) is 2. The first-order chi connectivity index (χ1) is 3.46. The monoisotopic (exact) mass is 193 g/mol. The third-order valence-corrected chi connectivity index (χ3v) is 0. The molecule has 0 aromatic heterocycles. The summed E-state index contributed by atoms with van der Waals surface area (Å²) in [5.74, 6) is 0. The first-order valence-electron chi connectivity index (χ1n) is 2.08. The van der Waals surface area contributed by atoms with Crippen molar-refractivity contribution in [2.75, 3.05) is 20.0 Å². The van der Waals surface area contributed by atoms with Crippen molar-refractivity contribution in [1.82, 2.24) is 0 Å². The first-order valence-corrected chi connectivity index (χ1v) is 6.25. The van der Waals surface area contributed by atoms with Crippen molar-refractivity contribution < 1.29 is 26.8 Å². The van der Waals surface area contributed by atoms with Gasteiger partial charge in [0.1, 0.15) is 0 Å². The van der Waals surface area contributed by atoms with E-state index in [9.17, 15) is 0 Å². The normalized spacial score (nSPS) is 6.89. The van der Waals surface area contributed by atoms with Crippen molar-refractivity contribution in [1.29, 1.82) is 0 Å². The number of rotatable bonds is 0. The molecule has 3 nitrogen and oxygen atoms in total. The average Bonchev–Trinajstić information content (AvgIpc) is 1.25. The van der Waals surface area contributed by atoms with Crippen LogP contribution in [0.2, 0.25) is 0 Å². The summed E-state index contributed by atoms with van der Waals surface area (Å²) in [4.78, 5) is 14.2. The predicted octanol–water partition coefficient (Wildman–Crippen LogP) is -2.28. The minimum atomic E-state index is -2.87. The molecule has 9 heavy (non-hydrogen) atoms. The van der Waals surface area contributed by atoms with Gasteiger partial charge in [0.2, 0.25) is 0 Å². The molecule has 0 bridgehead atoms. The molecule has 0 spiro atoms. The van der Waals surface area contributed by atoms with Gasteiger partial charge in [-0.2, -0.15) is 0 Å². The Labute approximate surface area is 63.6 Å². The van der Waals surface area contributed by atoms with Gasteiger partial charge in [-0.05, 0) is 7.92 Å². The van der Waals surface area contributed by atoms with Gasteiger partial charge in [0.25, 0.3) is 0 Å². The molecular formula is C3H12ClO3P2+. The molecule has 0 aromatic carbocycles. The second kappa shape index (κ2) is 11.5. The zero-order valence-electron chi connectivity index (χ0n) is 5.63. The largest absolute Gasteiger partial charge is 1.00 e. The molecule has 0 heterocycles. The maximum atomic E-state index is 8.70. The second-order valence-electron chi connectivity index (χ2n) is 1.75. The van der Waals surface area contributed by atoms with Crippen molar-refractivity contribution in [3.63, 3.8) is 0 Å². The van der Waals surface area contributed by atoms with Crippen molar-refractivity contribution >= 4 is 16.2 Å². The fourth-order valence-corrected chi connectivity index (χ4v) is 0. The molecule has 58 valence electrons. The molecule has 0 rings (SSSR count). The van der Waals surface area contributed by atoms with E-state index in [1.54, 1.807) is 0 Å². The van der Waals surface area contributed by atoms with E-state index < -0.39 is 8.25 Å². The van der Waals surface area contributed by atoms with Gasteiger partial charge < -0.3 is 12.4 Å². The minimum Gasteiger partial charge on any atom is -1.00 e. The molecule has 0 atom stereocenters. The summed E-state index contributed by atoms with van der Waals surface area (Å²) in [5.41, 5.74) is 0. The molecule has 0 radical (unpaired) electrons. The highest BCUT2D eigenvalue weighted by atomic mass is 35.5. The van der Waals surface area contributed by atoms with Gasteiger partial charge >= 0.3 is 8.25 Å². The molecule has 0 saturated heterocycles. The molecule has 0 aliphatic heterocycles. The lowest BCUT2D eigenvalue weighted by atomic mass is 11.9. The molecule has 0 fully saturated rings. The molecule has 0 aliphatic carbocycles. The highest BCUT2D eigenvalue weighted by Crippen LogP contribution is 2.14. The van der Waals surface area contributed by atoms with Crippen molar-refractivity contribution in [3.8, 4) is 0 Å². The fraction of sp³-hybridized carbons (Fsp3) is 1.00. The second-order valence-corrected chi connectivity index (χ2v) is 5.26. The third-order valence-electron chi connectivity index (χ3n) is 0. The van der Waals surface area contributed by atoms with Gasteiger partial charge in [-0.25, -0.2) is 0 Å². The standard InChI is InChI=1S/C3H9P.ClH.HO3P/c1-4(2)3;;1-4(2)3/h1-3H3;1H;(H-,1,2,3)/p+1. The fourth-order valence-electron chi connectivity index (χ4n) is 0. The zero-order chi connectivity index (χ0) is 7.15. The Morgan fingerprint density at radius 2 is 1.22 bits per heavy atom. The smallest absolute Gasteiger partial charge is 0.692 e. The van der Waals surface area contributed by atoms with Crippen LogP contribution >= 0.6 is 16.2 Å². The predicted molar refractivity (Wildman–Crippen MR) is 38.1 cm³/mol. The molecule has 0 saturated carbocycles. The Morgan fingerprint density at radius 1 is 1.22 bits per heavy atom. The topological polar surface area (TPSA) is 57.5 Å². The molecular weight excluding hydrogens is 181 g/mol. The lowest BCUT2D eigenvalue weighted by Gasteiger charge is -1.71. The van der Waals surface area contributed by atoms with Crippen LogP contribution in [0.25, 0.3) is 0 Å².